The van der Waals surface area contributed by atoms with E-state index < -0.39 is 23.5 Å². The number of hydrogen-bond acceptors (Lipinski definition) is 1. The van der Waals surface area contributed by atoms with Crippen molar-refractivity contribution in [3.63, 3.8) is 0 Å². The third-order valence-corrected chi connectivity index (χ3v) is 1.22. The summed E-state index contributed by atoms with van der Waals surface area (Å²) in [6, 6.07) is 1.55. The lowest BCUT2D eigenvalue weighted by atomic mass is 10.4. The van der Waals surface area contributed by atoms with E-state index in [4.69, 9.17) is 5.11 Å². The maximum atomic E-state index is 11.8. The molecule has 0 spiro atoms. The first kappa shape index (κ1) is 8.63. The van der Waals surface area contributed by atoms with Crippen LogP contribution in [-0.2, 0) is 6.18 Å². The maximum absolute atomic E-state index is 11.8. The highest BCUT2D eigenvalue weighted by molar-refractivity contribution is 5.85. The minimum Gasteiger partial charge on any atom is -0.477 e. The highest BCUT2D eigenvalue weighted by Gasteiger charge is 2.32. The molecule has 12 heavy (non-hydrogen) atoms. The summed E-state index contributed by atoms with van der Waals surface area (Å²) in [7, 11) is 0. The van der Waals surface area contributed by atoms with Gasteiger partial charge in [-0.15, -0.1) is 0 Å². The lowest BCUT2D eigenvalue weighted by Crippen LogP contribution is -2.06. The number of aromatic carboxylic acids is 1. The predicted octanol–water partition coefficient (Wildman–Crippen LogP) is 1.73. The van der Waals surface area contributed by atoms with Crippen LogP contribution in [0.4, 0.5) is 13.2 Å². The van der Waals surface area contributed by atoms with E-state index in [-0.39, 0.29) is 0 Å². The summed E-state index contributed by atoms with van der Waals surface area (Å²) >= 11 is 0. The van der Waals surface area contributed by atoms with Crippen LogP contribution in [0, 0.1) is 0 Å². The molecule has 1 heterocycles. The van der Waals surface area contributed by atoms with Crippen LogP contribution in [0.1, 0.15) is 16.2 Å². The van der Waals surface area contributed by atoms with Gasteiger partial charge in [-0.3, -0.25) is 0 Å². The Morgan fingerprint density at radius 1 is 1.42 bits per heavy atom. The molecular formula is C6H4F3NO2. The molecule has 0 atom stereocenters. The number of carboxylic acids is 1. The SMILES string of the molecule is O=C(O)c1ccc(C(F)(F)F)[nH]1. The van der Waals surface area contributed by atoms with E-state index in [1.54, 1.807) is 4.98 Å². The van der Waals surface area contributed by atoms with Gasteiger partial charge in [0.15, 0.2) is 0 Å². The van der Waals surface area contributed by atoms with Gasteiger partial charge >= 0.3 is 12.1 Å². The molecule has 0 bridgehead atoms. The molecular weight excluding hydrogens is 175 g/mol. The van der Waals surface area contributed by atoms with Gasteiger partial charge in [0.05, 0.1) is 0 Å². The second-order valence-corrected chi connectivity index (χ2v) is 2.09. The average Bonchev–Trinajstić information content (AvgIpc) is 2.30. The number of aromatic amines is 1. The van der Waals surface area contributed by atoms with Crippen molar-refractivity contribution in [2.75, 3.05) is 0 Å². The molecule has 0 radical (unpaired) electrons. The summed E-state index contributed by atoms with van der Waals surface area (Å²) in [5.74, 6) is -1.41. The van der Waals surface area contributed by atoms with Crippen molar-refractivity contribution in [2.45, 2.75) is 6.18 Å². The second-order valence-electron chi connectivity index (χ2n) is 2.09. The van der Waals surface area contributed by atoms with Gasteiger partial charge in [-0.2, -0.15) is 13.2 Å². The van der Waals surface area contributed by atoms with E-state index in [1.165, 1.54) is 0 Å². The molecule has 0 unspecified atom stereocenters. The number of rotatable bonds is 1. The Labute approximate surface area is 64.8 Å². The van der Waals surface area contributed by atoms with Crippen molar-refractivity contribution >= 4 is 5.97 Å². The van der Waals surface area contributed by atoms with Crippen molar-refractivity contribution in [3.8, 4) is 0 Å². The van der Waals surface area contributed by atoms with Gasteiger partial charge in [0.25, 0.3) is 0 Å². The Bertz CT molecular complexity index is 302. The number of nitrogens with one attached hydrogen (secondary N) is 1. The number of H-pyrrole nitrogens is 1. The van der Waals surface area contributed by atoms with Gasteiger partial charge in [-0.05, 0) is 12.1 Å². The van der Waals surface area contributed by atoms with Crippen molar-refractivity contribution in [1.82, 2.24) is 4.98 Å². The van der Waals surface area contributed by atoms with Crippen LogP contribution >= 0.6 is 0 Å². The van der Waals surface area contributed by atoms with Gasteiger partial charge < -0.3 is 10.1 Å². The van der Waals surface area contributed by atoms with Crippen molar-refractivity contribution in [2.24, 2.45) is 0 Å². The number of aromatic nitrogens is 1. The number of alkyl halides is 3. The molecule has 2 N–H and O–H groups in total. The zero-order valence-electron chi connectivity index (χ0n) is 5.64. The fraction of sp³-hybridized carbons (Fsp3) is 0.167. The smallest absolute Gasteiger partial charge is 0.431 e. The van der Waals surface area contributed by atoms with Crippen LogP contribution in [0.25, 0.3) is 0 Å². The molecule has 0 aromatic carbocycles. The molecule has 0 saturated heterocycles. The average molecular weight is 179 g/mol. The van der Waals surface area contributed by atoms with E-state index in [2.05, 4.69) is 0 Å². The van der Waals surface area contributed by atoms with Crippen LogP contribution < -0.4 is 0 Å². The molecule has 1 aromatic heterocycles. The fourth-order valence-corrected chi connectivity index (χ4v) is 0.685. The van der Waals surface area contributed by atoms with Gasteiger partial charge in [0.2, 0.25) is 0 Å². The van der Waals surface area contributed by atoms with Gasteiger partial charge in [0, 0.05) is 0 Å². The molecule has 0 amide bonds. The molecule has 0 saturated carbocycles. The first-order chi connectivity index (χ1) is 5.41. The topological polar surface area (TPSA) is 53.1 Å². The highest BCUT2D eigenvalue weighted by atomic mass is 19.4. The fourth-order valence-electron chi connectivity index (χ4n) is 0.685. The number of carbonyl (C=O) groups is 1. The van der Waals surface area contributed by atoms with Gasteiger partial charge in [0.1, 0.15) is 11.4 Å². The molecule has 66 valence electrons. The van der Waals surface area contributed by atoms with Crippen LogP contribution in [0.2, 0.25) is 0 Å². The zero-order valence-corrected chi connectivity index (χ0v) is 5.64. The van der Waals surface area contributed by atoms with Crippen LogP contribution in [0.3, 0.4) is 0 Å². The molecule has 0 aliphatic carbocycles. The molecule has 6 heteroatoms. The van der Waals surface area contributed by atoms with E-state index in [9.17, 15) is 18.0 Å². The summed E-state index contributed by atoms with van der Waals surface area (Å²) in [4.78, 5) is 11.9. The summed E-state index contributed by atoms with van der Waals surface area (Å²) in [5.41, 5.74) is -1.53. The maximum Gasteiger partial charge on any atom is 0.431 e. The van der Waals surface area contributed by atoms with Crippen LogP contribution in [0.15, 0.2) is 12.1 Å². The highest BCUT2D eigenvalue weighted by Crippen LogP contribution is 2.28. The molecule has 0 fully saturated rings. The third kappa shape index (κ3) is 1.58. The quantitative estimate of drug-likeness (QED) is 0.689. The van der Waals surface area contributed by atoms with Crippen LogP contribution in [-0.4, -0.2) is 16.1 Å². The normalized spacial score (nSPS) is 11.6. The monoisotopic (exact) mass is 179 g/mol. The predicted molar refractivity (Wildman–Crippen MR) is 32.8 cm³/mol. The van der Waals surface area contributed by atoms with E-state index in [1.807, 2.05) is 0 Å². The number of halogens is 3. The Hall–Kier alpha value is -1.46. The largest absolute Gasteiger partial charge is 0.477 e. The Morgan fingerprint density at radius 2 is 2.00 bits per heavy atom. The first-order valence-corrected chi connectivity index (χ1v) is 2.91. The summed E-state index contributed by atoms with van der Waals surface area (Å²) in [5, 5.41) is 8.27. The second kappa shape index (κ2) is 2.54. The summed E-state index contributed by atoms with van der Waals surface area (Å²) in [6.45, 7) is 0. The Morgan fingerprint density at radius 3 is 2.25 bits per heavy atom. The molecule has 0 aliphatic heterocycles. The van der Waals surface area contributed by atoms with Crippen molar-refractivity contribution < 1.29 is 23.1 Å². The Balaban J connectivity index is 3.00. The first-order valence-electron chi connectivity index (χ1n) is 2.91. The number of carboxylic acid groups (broad SMARTS) is 1. The zero-order chi connectivity index (χ0) is 9.35. The standard InChI is InChI=1S/C6H4F3NO2/c7-6(8,9)4-2-1-3(10-4)5(11)12/h1-2,10H,(H,11,12). The number of hydrogen-bond donors (Lipinski definition) is 2. The minimum atomic E-state index is -4.52. The Kier molecular flexibility index (Phi) is 1.83. The van der Waals surface area contributed by atoms with E-state index in [0.29, 0.717) is 6.07 Å². The third-order valence-electron chi connectivity index (χ3n) is 1.22. The van der Waals surface area contributed by atoms with E-state index in [0.717, 1.165) is 6.07 Å². The molecule has 1 aromatic rings. The lowest BCUT2D eigenvalue weighted by molar-refractivity contribution is -0.140. The molecule has 3 nitrogen and oxygen atoms in total. The van der Waals surface area contributed by atoms with Gasteiger partial charge in [-0.25, -0.2) is 4.79 Å². The van der Waals surface area contributed by atoms with E-state index >= 15 is 0 Å². The summed E-state index contributed by atoms with van der Waals surface area (Å²) < 4.78 is 35.5. The van der Waals surface area contributed by atoms with Crippen molar-refractivity contribution in [3.05, 3.63) is 23.5 Å². The van der Waals surface area contributed by atoms with Crippen LogP contribution in [0.5, 0.6) is 0 Å². The molecule has 0 aliphatic rings. The van der Waals surface area contributed by atoms with Gasteiger partial charge in [-0.1, -0.05) is 0 Å². The molecule has 1 rings (SSSR count). The van der Waals surface area contributed by atoms with Crippen molar-refractivity contribution in [1.29, 1.82) is 0 Å². The summed E-state index contributed by atoms with van der Waals surface area (Å²) in [6.07, 6.45) is -4.52. The lowest BCUT2D eigenvalue weighted by Gasteiger charge is -2.01. The minimum absolute atomic E-state index is 0.470.